The highest BCUT2D eigenvalue weighted by molar-refractivity contribution is 9.10. The Balaban J connectivity index is 2.27. The highest BCUT2D eigenvalue weighted by Crippen LogP contribution is 2.19. The molecule has 7 heteroatoms. The van der Waals surface area contributed by atoms with E-state index in [-0.39, 0.29) is 24.6 Å². The van der Waals surface area contributed by atoms with Gasteiger partial charge in [0.1, 0.15) is 11.9 Å². The molecule has 0 radical (unpaired) electrons. The molecule has 1 unspecified atom stereocenters. The molecule has 1 aromatic carbocycles. The van der Waals surface area contributed by atoms with Gasteiger partial charge in [0.05, 0.1) is 18.8 Å². The van der Waals surface area contributed by atoms with Gasteiger partial charge in [-0.2, -0.15) is 0 Å². The molecule has 0 aromatic heterocycles. The van der Waals surface area contributed by atoms with Gasteiger partial charge >= 0.3 is 0 Å². The minimum Gasteiger partial charge on any atom is -0.377 e. The van der Waals surface area contributed by atoms with Gasteiger partial charge in [-0.15, -0.1) is 0 Å². The third-order valence-electron chi connectivity index (χ3n) is 3.10. The fourth-order valence-electron chi connectivity index (χ4n) is 2.05. The summed E-state index contributed by atoms with van der Waals surface area (Å²) in [4.78, 5) is 25.5. The van der Waals surface area contributed by atoms with Crippen LogP contribution in [0.15, 0.2) is 22.7 Å². The number of carbonyl (C=O) groups excluding carboxylic acids is 2. The van der Waals surface area contributed by atoms with E-state index in [9.17, 15) is 14.0 Å². The van der Waals surface area contributed by atoms with Crippen molar-refractivity contribution in [1.29, 1.82) is 0 Å². The van der Waals surface area contributed by atoms with Crippen LogP contribution in [0.1, 0.15) is 10.4 Å². The van der Waals surface area contributed by atoms with Crippen molar-refractivity contribution in [3.05, 3.63) is 34.1 Å². The largest absolute Gasteiger partial charge is 0.377 e. The number of amides is 2. The lowest BCUT2D eigenvalue weighted by atomic mass is 10.1. The highest BCUT2D eigenvalue weighted by atomic mass is 79.9. The molecule has 2 amide bonds. The first-order valence-corrected chi connectivity index (χ1v) is 6.89. The van der Waals surface area contributed by atoms with E-state index in [2.05, 4.69) is 21.2 Å². The molecule has 1 aromatic rings. The van der Waals surface area contributed by atoms with Crippen molar-refractivity contribution >= 4 is 27.7 Å². The van der Waals surface area contributed by atoms with Gasteiger partial charge < -0.3 is 15.0 Å². The fourth-order valence-corrected chi connectivity index (χ4v) is 2.38. The molecule has 0 aliphatic carbocycles. The lowest BCUT2D eigenvalue weighted by molar-refractivity contribution is -0.130. The maximum absolute atomic E-state index is 13.9. The number of rotatable bonds is 2. The van der Waals surface area contributed by atoms with Crippen molar-refractivity contribution in [2.24, 2.45) is 0 Å². The number of carbonyl (C=O) groups is 2. The quantitative estimate of drug-likeness (QED) is 0.876. The monoisotopic (exact) mass is 344 g/mol. The van der Waals surface area contributed by atoms with Gasteiger partial charge in [0.15, 0.2) is 0 Å². The normalized spacial score (nSPS) is 18.8. The van der Waals surface area contributed by atoms with Crippen LogP contribution in [0.5, 0.6) is 0 Å². The van der Waals surface area contributed by atoms with E-state index in [1.54, 1.807) is 6.07 Å². The number of nitrogens with zero attached hydrogens (tertiary/aromatic N) is 1. The molecule has 1 aliphatic heterocycles. The van der Waals surface area contributed by atoms with E-state index in [0.717, 1.165) is 0 Å². The maximum atomic E-state index is 13.9. The number of ether oxygens (including phenoxy) is 1. The van der Waals surface area contributed by atoms with Gasteiger partial charge in [-0.1, -0.05) is 15.9 Å². The van der Waals surface area contributed by atoms with E-state index in [0.29, 0.717) is 11.1 Å². The third-order valence-corrected chi connectivity index (χ3v) is 3.59. The number of halogens is 2. The Morgan fingerprint density at radius 2 is 2.25 bits per heavy atom. The number of hydrogen-bond acceptors (Lipinski definition) is 3. The first-order valence-electron chi connectivity index (χ1n) is 6.10. The predicted octanol–water partition coefficient (Wildman–Crippen LogP) is 1.18. The maximum Gasteiger partial charge on any atom is 0.257 e. The molecule has 1 heterocycles. The van der Waals surface area contributed by atoms with Crippen LogP contribution in [0.4, 0.5) is 4.39 Å². The summed E-state index contributed by atoms with van der Waals surface area (Å²) >= 11 is 3.14. The molecular formula is C13H14BrFN2O3. The van der Waals surface area contributed by atoms with Crippen LogP contribution in [0.25, 0.3) is 0 Å². The number of nitrogens with one attached hydrogen (secondary N) is 1. The molecule has 108 valence electrons. The van der Waals surface area contributed by atoms with Crippen LogP contribution in [-0.2, 0) is 9.53 Å². The third kappa shape index (κ3) is 2.99. The second-order valence-corrected chi connectivity index (χ2v) is 5.24. The fraction of sp³-hybridized carbons (Fsp3) is 0.385. The van der Waals surface area contributed by atoms with Crippen LogP contribution in [0.2, 0.25) is 0 Å². The lowest BCUT2D eigenvalue weighted by Crippen LogP contribution is -2.55. The zero-order chi connectivity index (χ0) is 14.7. The van der Waals surface area contributed by atoms with Gasteiger partial charge in [0.25, 0.3) is 5.91 Å². The minimum atomic E-state index is -0.732. The Morgan fingerprint density at radius 1 is 1.50 bits per heavy atom. The van der Waals surface area contributed by atoms with Crippen molar-refractivity contribution < 1.29 is 18.7 Å². The molecule has 1 atom stereocenters. The van der Waals surface area contributed by atoms with Crippen LogP contribution in [-0.4, -0.2) is 49.6 Å². The molecule has 0 bridgehead atoms. The molecule has 1 N–H and O–H groups in total. The van der Waals surface area contributed by atoms with E-state index < -0.39 is 17.8 Å². The number of hydrogen-bond donors (Lipinski definition) is 1. The Kier molecular flexibility index (Phi) is 4.72. The van der Waals surface area contributed by atoms with Gasteiger partial charge in [-0.25, -0.2) is 4.39 Å². The summed E-state index contributed by atoms with van der Waals surface area (Å²) < 4.78 is 19.6. The Hall–Kier alpha value is -1.47. The second kappa shape index (κ2) is 6.32. The molecule has 2 rings (SSSR count). The summed E-state index contributed by atoms with van der Waals surface area (Å²) in [5.41, 5.74) is -0.0518. The number of benzene rings is 1. The zero-order valence-electron chi connectivity index (χ0n) is 10.9. The highest BCUT2D eigenvalue weighted by Gasteiger charge is 2.33. The number of likely N-dealkylation sites (N-methyl/N-ethyl adjacent to an activating group) is 1. The molecule has 1 aliphatic rings. The smallest absolute Gasteiger partial charge is 0.257 e. The SMILES string of the molecule is CNC(=O)C1COCCN1C(=O)c1ccc(Br)cc1F. The molecular weight excluding hydrogens is 331 g/mol. The Morgan fingerprint density at radius 3 is 2.90 bits per heavy atom. The summed E-state index contributed by atoms with van der Waals surface area (Å²) in [5, 5.41) is 2.48. The summed E-state index contributed by atoms with van der Waals surface area (Å²) in [6.45, 7) is 0.702. The van der Waals surface area contributed by atoms with Crippen molar-refractivity contribution in [2.45, 2.75) is 6.04 Å². The Bertz CT molecular complexity index is 538. The lowest BCUT2D eigenvalue weighted by Gasteiger charge is -2.34. The predicted molar refractivity (Wildman–Crippen MR) is 73.8 cm³/mol. The molecule has 20 heavy (non-hydrogen) atoms. The van der Waals surface area contributed by atoms with Crippen molar-refractivity contribution in [3.8, 4) is 0 Å². The molecule has 1 saturated heterocycles. The average Bonchev–Trinajstić information content (AvgIpc) is 2.46. The van der Waals surface area contributed by atoms with Crippen molar-refractivity contribution in [1.82, 2.24) is 10.2 Å². The van der Waals surface area contributed by atoms with Crippen LogP contribution < -0.4 is 5.32 Å². The van der Waals surface area contributed by atoms with Crippen LogP contribution in [0.3, 0.4) is 0 Å². The molecule has 0 saturated carbocycles. The van der Waals surface area contributed by atoms with E-state index in [1.807, 2.05) is 0 Å². The van der Waals surface area contributed by atoms with E-state index >= 15 is 0 Å². The summed E-state index contributed by atoms with van der Waals surface area (Å²) in [6, 6.07) is 3.48. The van der Waals surface area contributed by atoms with Crippen molar-refractivity contribution in [2.75, 3.05) is 26.8 Å². The first kappa shape index (κ1) is 14.9. The molecule has 1 fully saturated rings. The first-order chi connectivity index (χ1) is 9.54. The van der Waals surface area contributed by atoms with Gasteiger partial charge in [-0.05, 0) is 18.2 Å². The van der Waals surface area contributed by atoms with E-state index in [4.69, 9.17) is 4.74 Å². The molecule has 0 spiro atoms. The zero-order valence-corrected chi connectivity index (χ0v) is 12.4. The molecule has 5 nitrogen and oxygen atoms in total. The van der Waals surface area contributed by atoms with Gasteiger partial charge in [0.2, 0.25) is 5.91 Å². The van der Waals surface area contributed by atoms with Gasteiger partial charge in [0, 0.05) is 18.1 Å². The van der Waals surface area contributed by atoms with Crippen LogP contribution in [0, 0.1) is 5.82 Å². The minimum absolute atomic E-state index is 0.0518. The topological polar surface area (TPSA) is 58.6 Å². The summed E-state index contributed by atoms with van der Waals surface area (Å²) in [7, 11) is 1.49. The standard InChI is InChI=1S/C13H14BrFN2O3/c1-16-12(18)11-7-20-5-4-17(11)13(19)9-3-2-8(14)6-10(9)15/h2-3,6,11H,4-5,7H2,1H3,(H,16,18). The summed E-state index contributed by atoms with van der Waals surface area (Å²) in [6.07, 6.45) is 0. The number of morpholine rings is 1. The second-order valence-electron chi connectivity index (χ2n) is 4.33. The van der Waals surface area contributed by atoms with Crippen LogP contribution >= 0.6 is 15.9 Å². The van der Waals surface area contributed by atoms with E-state index in [1.165, 1.54) is 24.1 Å². The van der Waals surface area contributed by atoms with Crippen molar-refractivity contribution in [3.63, 3.8) is 0 Å². The Labute approximate surface area is 124 Å². The average molecular weight is 345 g/mol. The van der Waals surface area contributed by atoms with Gasteiger partial charge in [-0.3, -0.25) is 9.59 Å². The summed E-state index contributed by atoms with van der Waals surface area (Å²) in [5.74, 6) is -1.45.